The van der Waals surface area contributed by atoms with Crippen LogP contribution in [0.2, 0.25) is 5.02 Å². The summed E-state index contributed by atoms with van der Waals surface area (Å²) in [5.74, 6) is 0. The number of nitrogens with zero attached hydrogens (tertiary/aromatic N) is 2. The topological polar surface area (TPSA) is 25.4 Å². The molecule has 1 fully saturated rings. The summed E-state index contributed by atoms with van der Waals surface area (Å²) in [4.78, 5) is 7.14. The van der Waals surface area contributed by atoms with Crippen molar-refractivity contribution < 1.29 is 4.74 Å². The number of morpholine rings is 1. The molecule has 0 unspecified atom stereocenters. The maximum Gasteiger partial charge on any atom is 0.125 e. The van der Waals surface area contributed by atoms with Crippen LogP contribution < -0.4 is 0 Å². The number of thiazole rings is 1. The molecule has 1 aromatic heterocycles. The van der Waals surface area contributed by atoms with Crippen LogP contribution in [0.4, 0.5) is 0 Å². The zero-order valence-corrected chi connectivity index (χ0v) is 13.8. The minimum absolute atomic E-state index is 0.287. The van der Waals surface area contributed by atoms with Crippen LogP contribution in [0.3, 0.4) is 0 Å². The maximum absolute atomic E-state index is 6.24. The Kier molecular flexibility index (Phi) is 4.60. The number of aromatic nitrogens is 1. The van der Waals surface area contributed by atoms with Crippen LogP contribution in [0.5, 0.6) is 0 Å². The SMILES string of the molecule is C[C@@H]1CN(Cc2csc(-c3ccccc3Cl)n2)C[C@H](C)O1. The van der Waals surface area contributed by atoms with E-state index in [0.29, 0.717) is 0 Å². The first-order valence-corrected chi connectivity index (χ1v) is 8.44. The van der Waals surface area contributed by atoms with Crippen LogP contribution in [0.15, 0.2) is 29.6 Å². The molecule has 1 saturated heterocycles. The molecular weight excluding hydrogens is 304 g/mol. The lowest BCUT2D eigenvalue weighted by atomic mass is 10.2. The molecule has 1 aliphatic rings. The quantitative estimate of drug-likeness (QED) is 0.851. The summed E-state index contributed by atoms with van der Waals surface area (Å²) in [5.41, 5.74) is 2.12. The fraction of sp³-hybridized carbons (Fsp3) is 0.438. The highest BCUT2D eigenvalue weighted by atomic mass is 35.5. The molecule has 0 radical (unpaired) electrons. The molecule has 2 heterocycles. The van der Waals surface area contributed by atoms with E-state index < -0.39 is 0 Å². The first-order valence-electron chi connectivity index (χ1n) is 7.19. The Morgan fingerprint density at radius 3 is 2.71 bits per heavy atom. The summed E-state index contributed by atoms with van der Waals surface area (Å²) in [6.45, 7) is 7.04. The van der Waals surface area contributed by atoms with Gasteiger partial charge in [0.05, 0.1) is 22.9 Å². The van der Waals surface area contributed by atoms with Crippen LogP contribution >= 0.6 is 22.9 Å². The van der Waals surface area contributed by atoms with E-state index in [1.807, 2.05) is 24.3 Å². The summed E-state index contributed by atoms with van der Waals surface area (Å²) < 4.78 is 5.77. The predicted octanol–water partition coefficient (Wildman–Crippen LogP) is 4.07. The maximum atomic E-state index is 6.24. The summed E-state index contributed by atoms with van der Waals surface area (Å²) in [5, 5.41) is 3.88. The van der Waals surface area contributed by atoms with E-state index in [2.05, 4.69) is 24.1 Å². The van der Waals surface area contributed by atoms with Crippen LogP contribution in [-0.2, 0) is 11.3 Å². The molecule has 0 bridgehead atoms. The Labute approximate surface area is 134 Å². The van der Waals surface area contributed by atoms with Gasteiger partial charge < -0.3 is 4.74 Å². The highest BCUT2D eigenvalue weighted by Gasteiger charge is 2.22. The van der Waals surface area contributed by atoms with E-state index in [1.165, 1.54) is 0 Å². The Morgan fingerprint density at radius 2 is 2.00 bits per heavy atom. The molecule has 3 nitrogen and oxygen atoms in total. The van der Waals surface area contributed by atoms with E-state index >= 15 is 0 Å². The van der Waals surface area contributed by atoms with Gasteiger partial charge >= 0.3 is 0 Å². The zero-order valence-electron chi connectivity index (χ0n) is 12.3. The van der Waals surface area contributed by atoms with Crippen LogP contribution in [0, 0.1) is 0 Å². The van der Waals surface area contributed by atoms with E-state index in [4.69, 9.17) is 21.3 Å². The first-order chi connectivity index (χ1) is 10.1. The van der Waals surface area contributed by atoms with Crippen molar-refractivity contribution >= 4 is 22.9 Å². The van der Waals surface area contributed by atoms with Crippen LogP contribution in [0.1, 0.15) is 19.5 Å². The highest BCUT2D eigenvalue weighted by molar-refractivity contribution is 7.13. The average Bonchev–Trinajstić information content (AvgIpc) is 2.86. The summed E-state index contributed by atoms with van der Waals surface area (Å²) >= 11 is 7.89. The number of ether oxygens (including phenoxy) is 1. The molecule has 2 aromatic rings. The third-order valence-electron chi connectivity index (χ3n) is 3.54. The molecule has 1 aliphatic heterocycles. The second kappa shape index (κ2) is 6.44. The van der Waals surface area contributed by atoms with E-state index in [-0.39, 0.29) is 12.2 Å². The van der Waals surface area contributed by atoms with Gasteiger partial charge in [0.2, 0.25) is 0 Å². The Bertz CT molecular complexity index is 606. The van der Waals surface area contributed by atoms with Crippen molar-refractivity contribution in [3.05, 3.63) is 40.4 Å². The first kappa shape index (κ1) is 15.0. The number of benzene rings is 1. The van der Waals surface area contributed by atoms with Crippen molar-refractivity contribution in [2.45, 2.75) is 32.6 Å². The average molecular weight is 323 g/mol. The normalized spacial score (nSPS) is 23.4. The Balaban J connectivity index is 1.72. The molecule has 3 rings (SSSR count). The lowest BCUT2D eigenvalue weighted by Gasteiger charge is -2.34. The van der Waals surface area contributed by atoms with Gasteiger partial charge in [0.1, 0.15) is 5.01 Å². The monoisotopic (exact) mass is 322 g/mol. The fourth-order valence-corrected chi connectivity index (χ4v) is 3.91. The van der Waals surface area contributed by atoms with Gasteiger partial charge in [-0.05, 0) is 19.9 Å². The number of rotatable bonds is 3. The molecule has 21 heavy (non-hydrogen) atoms. The van der Waals surface area contributed by atoms with Gasteiger partial charge in [-0.15, -0.1) is 11.3 Å². The van der Waals surface area contributed by atoms with E-state index in [9.17, 15) is 0 Å². The van der Waals surface area contributed by atoms with E-state index in [0.717, 1.165) is 40.9 Å². The highest BCUT2D eigenvalue weighted by Crippen LogP contribution is 2.30. The largest absolute Gasteiger partial charge is 0.373 e. The summed E-state index contributed by atoms with van der Waals surface area (Å²) in [6, 6.07) is 7.86. The minimum Gasteiger partial charge on any atom is -0.373 e. The molecule has 0 amide bonds. The summed E-state index contributed by atoms with van der Waals surface area (Å²) in [6.07, 6.45) is 0.575. The minimum atomic E-state index is 0.287. The van der Waals surface area contributed by atoms with Gasteiger partial charge in [0.15, 0.2) is 0 Å². The number of halogens is 1. The second-order valence-corrected chi connectivity index (χ2v) is 6.84. The smallest absolute Gasteiger partial charge is 0.125 e. The van der Waals surface area contributed by atoms with Gasteiger partial charge in [0.25, 0.3) is 0 Å². The standard InChI is InChI=1S/C16H19ClN2OS/c1-11-7-19(8-12(2)20-11)9-13-10-21-16(18-13)14-5-3-4-6-15(14)17/h3-6,10-12H,7-9H2,1-2H3/t11-,12+. The third kappa shape index (κ3) is 3.64. The van der Waals surface area contributed by atoms with Crippen molar-refractivity contribution in [2.24, 2.45) is 0 Å². The van der Waals surface area contributed by atoms with Crippen molar-refractivity contribution in [3.8, 4) is 10.6 Å². The van der Waals surface area contributed by atoms with Crippen molar-refractivity contribution in [3.63, 3.8) is 0 Å². The van der Waals surface area contributed by atoms with Crippen molar-refractivity contribution in [2.75, 3.05) is 13.1 Å². The molecule has 2 atom stereocenters. The Hall–Kier alpha value is -0.940. The molecule has 1 aromatic carbocycles. The third-order valence-corrected chi connectivity index (χ3v) is 4.79. The van der Waals surface area contributed by atoms with E-state index in [1.54, 1.807) is 11.3 Å². The predicted molar refractivity (Wildman–Crippen MR) is 87.8 cm³/mol. The van der Waals surface area contributed by atoms with Crippen molar-refractivity contribution in [1.29, 1.82) is 0 Å². The van der Waals surface area contributed by atoms with Crippen molar-refractivity contribution in [1.82, 2.24) is 9.88 Å². The molecular formula is C16H19ClN2OS. The number of hydrogen-bond donors (Lipinski definition) is 0. The summed E-state index contributed by atoms with van der Waals surface area (Å²) in [7, 11) is 0. The van der Waals surface area contributed by atoms with Gasteiger partial charge in [0, 0.05) is 30.6 Å². The lowest BCUT2D eigenvalue weighted by molar-refractivity contribution is -0.0707. The van der Waals surface area contributed by atoms with Crippen LogP contribution in [0.25, 0.3) is 10.6 Å². The molecule has 5 heteroatoms. The fourth-order valence-electron chi connectivity index (χ4n) is 2.78. The van der Waals surface area contributed by atoms with Gasteiger partial charge in [-0.25, -0.2) is 4.98 Å². The molecule has 0 spiro atoms. The molecule has 112 valence electrons. The van der Waals surface area contributed by atoms with Gasteiger partial charge in [-0.3, -0.25) is 4.90 Å². The van der Waals surface area contributed by atoms with Gasteiger partial charge in [-0.1, -0.05) is 29.8 Å². The second-order valence-electron chi connectivity index (χ2n) is 5.58. The molecule has 0 aliphatic carbocycles. The molecule has 0 saturated carbocycles. The van der Waals surface area contributed by atoms with Crippen LogP contribution in [-0.4, -0.2) is 35.2 Å². The number of hydrogen-bond acceptors (Lipinski definition) is 4. The lowest BCUT2D eigenvalue weighted by Crippen LogP contribution is -2.44. The molecule has 0 N–H and O–H groups in total. The van der Waals surface area contributed by atoms with Gasteiger partial charge in [-0.2, -0.15) is 0 Å². The zero-order chi connectivity index (χ0) is 14.8. The Morgan fingerprint density at radius 1 is 1.29 bits per heavy atom.